The van der Waals surface area contributed by atoms with Gasteiger partial charge in [0.05, 0.1) is 5.70 Å². The summed E-state index contributed by atoms with van der Waals surface area (Å²) in [6, 6.07) is 0. The van der Waals surface area contributed by atoms with Crippen molar-refractivity contribution in [1.82, 2.24) is 15.5 Å². The molecule has 2 rings (SSSR count). The minimum Gasteiger partial charge on any atom is -0.368 e. The smallest absolute Gasteiger partial charge is 0.0566 e. The number of piperazine rings is 1. The molecule has 16 heavy (non-hydrogen) atoms. The van der Waals surface area contributed by atoms with E-state index in [0.717, 1.165) is 32.6 Å². The average molecular weight is 217 g/mol. The van der Waals surface area contributed by atoms with Gasteiger partial charge in [-0.25, -0.2) is 0 Å². The lowest BCUT2D eigenvalue weighted by atomic mass is 10.2. The fraction of sp³-hybridized carbons (Fsp3) is 0.385. The Morgan fingerprint density at radius 3 is 2.88 bits per heavy atom. The first-order valence-electron chi connectivity index (χ1n) is 5.81. The van der Waals surface area contributed by atoms with Crippen LogP contribution in [0.5, 0.6) is 0 Å². The van der Waals surface area contributed by atoms with Crippen LogP contribution in [-0.4, -0.2) is 31.1 Å². The fourth-order valence-electron chi connectivity index (χ4n) is 2.04. The van der Waals surface area contributed by atoms with Crippen LogP contribution >= 0.6 is 0 Å². The molecule has 0 spiro atoms. The van der Waals surface area contributed by atoms with Gasteiger partial charge in [0.2, 0.25) is 0 Å². The zero-order valence-corrected chi connectivity index (χ0v) is 9.58. The molecule has 3 nitrogen and oxygen atoms in total. The average Bonchev–Trinajstić information content (AvgIpc) is 2.56. The highest BCUT2D eigenvalue weighted by atomic mass is 15.2. The van der Waals surface area contributed by atoms with Crippen molar-refractivity contribution < 1.29 is 0 Å². The highest BCUT2D eigenvalue weighted by Crippen LogP contribution is 2.16. The number of nitrogens with one attached hydrogen (secondary N) is 2. The van der Waals surface area contributed by atoms with Gasteiger partial charge in [-0.1, -0.05) is 12.2 Å². The molecule has 0 saturated carbocycles. The van der Waals surface area contributed by atoms with Crippen molar-refractivity contribution >= 4 is 0 Å². The minimum absolute atomic E-state index is 0.883. The predicted molar refractivity (Wildman–Crippen MR) is 67.7 cm³/mol. The summed E-state index contributed by atoms with van der Waals surface area (Å²) in [7, 11) is 0. The molecule has 0 aromatic carbocycles. The number of hydrogen-bond donors (Lipinski definition) is 2. The Hall–Kier alpha value is -1.48. The molecule has 0 radical (unpaired) electrons. The second-order valence-corrected chi connectivity index (χ2v) is 3.96. The van der Waals surface area contributed by atoms with Crippen molar-refractivity contribution in [3.8, 4) is 0 Å². The summed E-state index contributed by atoms with van der Waals surface area (Å²) in [6.07, 6.45) is 11.1. The van der Waals surface area contributed by atoms with Crippen LogP contribution < -0.4 is 10.6 Å². The molecular weight excluding hydrogens is 198 g/mol. The van der Waals surface area contributed by atoms with Gasteiger partial charge in [0.15, 0.2) is 0 Å². The Balaban J connectivity index is 2.20. The molecule has 1 fully saturated rings. The van der Waals surface area contributed by atoms with Gasteiger partial charge in [0.1, 0.15) is 0 Å². The number of hydrogen-bond acceptors (Lipinski definition) is 3. The zero-order valence-electron chi connectivity index (χ0n) is 9.58. The highest BCUT2D eigenvalue weighted by Gasteiger charge is 2.14. The van der Waals surface area contributed by atoms with E-state index in [4.69, 9.17) is 0 Å². The van der Waals surface area contributed by atoms with Gasteiger partial charge in [-0.05, 0) is 12.2 Å². The van der Waals surface area contributed by atoms with Gasteiger partial charge >= 0.3 is 0 Å². The van der Waals surface area contributed by atoms with Crippen LogP contribution in [0.25, 0.3) is 0 Å². The van der Waals surface area contributed by atoms with Crippen LogP contribution in [0.2, 0.25) is 0 Å². The van der Waals surface area contributed by atoms with Crippen molar-refractivity contribution in [2.45, 2.75) is 6.42 Å². The Morgan fingerprint density at radius 1 is 1.31 bits per heavy atom. The molecule has 86 valence electrons. The summed E-state index contributed by atoms with van der Waals surface area (Å²) in [4.78, 5) is 2.42. The van der Waals surface area contributed by atoms with E-state index >= 15 is 0 Å². The normalized spacial score (nSPS) is 20.6. The van der Waals surface area contributed by atoms with Crippen molar-refractivity contribution in [2.24, 2.45) is 0 Å². The topological polar surface area (TPSA) is 27.3 Å². The summed E-state index contributed by atoms with van der Waals surface area (Å²) >= 11 is 0. The maximum Gasteiger partial charge on any atom is 0.0566 e. The van der Waals surface area contributed by atoms with E-state index in [1.807, 2.05) is 18.4 Å². The maximum atomic E-state index is 3.81. The number of allylic oxidation sites excluding steroid dienone is 4. The second kappa shape index (κ2) is 5.56. The number of rotatable bonds is 3. The Labute approximate surface area is 97.2 Å². The predicted octanol–water partition coefficient (Wildman–Crippen LogP) is 1.35. The zero-order chi connectivity index (χ0) is 11.2. The SMILES string of the molecule is C=CCC1=C(N2CCNCC2)C=CC=CN1. The van der Waals surface area contributed by atoms with Crippen LogP contribution in [0, 0.1) is 0 Å². The third kappa shape index (κ3) is 2.55. The third-order valence-electron chi connectivity index (χ3n) is 2.83. The molecule has 0 atom stereocenters. The van der Waals surface area contributed by atoms with Gasteiger partial charge < -0.3 is 15.5 Å². The molecule has 0 aliphatic carbocycles. The van der Waals surface area contributed by atoms with Crippen molar-refractivity contribution in [2.75, 3.05) is 26.2 Å². The summed E-state index contributed by atoms with van der Waals surface area (Å²) < 4.78 is 0. The minimum atomic E-state index is 0.883. The Morgan fingerprint density at radius 2 is 2.12 bits per heavy atom. The summed E-state index contributed by atoms with van der Waals surface area (Å²) in [6.45, 7) is 8.08. The summed E-state index contributed by atoms with van der Waals surface area (Å²) in [5.41, 5.74) is 2.54. The molecule has 0 bridgehead atoms. The van der Waals surface area contributed by atoms with E-state index in [-0.39, 0.29) is 0 Å². The first kappa shape index (κ1) is 11.0. The largest absolute Gasteiger partial charge is 0.368 e. The summed E-state index contributed by atoms with van der Waals surface area (Å²) in [5.74, 6) is 0. The second-order valence-electron chi connectivity index (χ2n) is 3.96. The van der Waals surface area contributed by atoms with Crippen LogP contribution in [0.3, 0.4) is 0 Å². The fourth-order valence-corrected chi connectivity index (χ4v) is 2.04. The van der Waals surface area contributed by atoms with Crippen LogP contribution in [0.1, 0.15) is 6.42 Å². The van der Waals surface area contributed by atoms with Crippen LogP contribution in [0.4, 0.5) is 0 Å². The van der Waals surface area contributed by atoms with Crippen molar-refractivity contribution in [1.29, 1.82) is 0 Å². The van der Waals surface area contributed by atoms with E-state index in [1.54, 1.807) is 0 Å². The Bertz CT molecular complexity index is 333. The van der Waals surface area contributed by atoms with Gasteiger partial charge in [-0.15, -0.1) is 6.58 Å². The molecule has 1 saturated heterocycles. The van der Waals surface area contributed by atoms with Crippen LogP contribution in [0.15, 0.2) is 48.5 Å². The molecule has 2 aliphatic rings. The molecular formula is C13H19N3. The monoisotopic (exact) mass is 217 g/mol. The van der Waals surface area contributed by atoms with Gasteiger partial charge in [-0.3, -0.25) is 0 Å². The molecule has 0 amide bonds. The van der Waals surface area contributed by atoms with E-state index in [9.17, 15) is 0 Å². The van der Waals surface area contributed by atoms with Crippen LogP contribution in [-0.2, 0) is 0 Å². The third-order valence-corrected chi connectivity index (χ3v) is 2.83. The van der Waals surface area contributed by atoms with Gasteiger partial charge in [0.25, 0.3) is 0 Å². The lowest BCUT2D eigenvalue weighted by Crippen LogP contribution is -2.43. The molecule has 0 unspecified atom stereocenters. The molecule has 2 heterocycles. The molecule has 2 aliphatic heterocycles. The first-order chi connectivity index (χ1) is 7.92. The maximum absolute atomic E-state index is 3.81. The number of nitrogens with zero attached hydrogens (tertiary/aromatic N) is 1. The quantitative estimate of drug-likeness (QED) is 0.699. The molecule has 2 N–H and O–H groups in total. The van der Waals surface area contributed by atoms with Gasteiger partial charge in [-0.2, -0.15) is 0 Å². The lowest BCUT2D eigenvalue weighted by Gasteiger charge is -2.31. The van der Waals surface area contributed by atoms with Crippen molar-refractivity contribution in [3.63, 3.8) is 0 Å². The lowest BCUT2D eigenvalue weighted by molar-refractivity contribution is 0.303. The van der Waals surface area contributed by atoms with E-state index in [1.165, 1.54) is 11.4 Å². The van der Waals surface area contributed by atoms with E-state index in [2.05, 4.69) is 34.3 Å². The molecule has 3 heteroatoms. The van der Waals surface area contributed by atoms with Crippen molar-refractivity contribution in [3.05, 3.63) is 48.5 Å². The summed E-state index contributed by atoms with van der Waals surface area (Å²) in [5, 5.41) is 6.70. The molecule has 0 aromatic heterocycles. The highest BCUT2D eigenvalue weighted by molar-refractivity contribution is 5.31. The van der Waals surface area contributed by atoms with E-state index in [0.29, 0.717) is 0 Å². The molecule has 0 aromatic rings. The van der Waals surface area contributed by atoms with Gasteiger partial charge in [0, 0.05) is 44.5 Å². The standard InChI is InChI=1S/C13H19N3/c1-2-5-12-13(6-3-4-7-15-12)16-10-8-14-9-11-16/h2-4,6-7,14-15H,1,5,8-11H2. The van der Waals surface area contributed by atoms with E-state index < -0.39 is 0 Å². The Kier molecular flexibility index (Phi) is 3.83. The first-order valence-corrected chi connectivity index (χ1v) is 5.81.